The van der Waals surface area contributed by atoms with Gasteiger partial charge in [0.25, 0.3) is 5.91 Å². The van der Waals surface area contributed by atoms with Gasteiger partial charge in [-0.25, -0.2) is 10.4 Å². The molecule has 2 N–H and O–H groups in total. The largest absolute Gasteiger partial charge is 0.508 e. The number of halogens is 1. The molecule has 0 atom stereocenters. The van der Waals surface area contributed by atoms with Crippen LogP contribution in [0.4, 0.5) is 0 Å². The Morgan fingerprint density at radius 1 is 1.00 bits per heavy atom. The molecule has 0 saturated heterocycles. The average Bonchev–Trinajstić information content (AvgIpc) is 2.73. The number of hydrogen-bond donors (Lipinski definition) is 2. The summed E-state index contributed by atoms with van der Waals surface area (Å²) in [5.41, 5.74) is 5.69. The van der Waals surface area contributed by atoms with E-state index in [1.807, 2.05) is 42.5 Å². The molecular weight excluding hydrogens is 386 g/mol. The SMILES string of the molecule is O=C(NN=Cc1cccc(O)c1)c1cc(-c2ccccc2Cl)nc2ccccc12. The molecule has 0 bridgehead atoms. The fraction of sp³-hybridized carbons (Fsp3) is 0. The maximum atomic E-state index is 12.8. The molecule has 5 nitrogen and oxygen atoms in total. The van der Waals surface area contributed by atoms with Gasteiger partial charge in [-0.1, -0.05) is 60.1 Å². The zero-order chi connectivity index (χ0) is 20.2. The van der Waals surface area contributed by atoms with Gasteiger partial charge in [-0.2, -0.15) is 5.10 Å². The van der Waals surface area contributed by atoms with E-state index in [9.17, 15) is 9.90 Å². The number of pyridine rings is 1. The van der Waals surface area contributed by atoms with Crippen LogP contribution in [0, 0.1) is 0 Å². The lowest BCUT2D eigenvalue weighted by Gasteiger charge is -2.10. The van der Waals surface area contributed by atoms with E-state index in [4.69, 9.17) is 11.6 Å². The third kappa shape index (κ3) is 4.10. The molecule has 142 valence electrons. The molecule has 0 spiro atoms. The molecule has 4 rings (SSSR count). The Balaban J connectivity index is 1.70. The van der Waals surface area contributed by atoms with Crippen molar-refractivity contribution >= 4 is 34.6 Å². The number of nitrogens with zero attached hydrogens (tertiary/aromatic N) is 2. The summed E-state index contributed by atoms with van der Waals surface area (Å²) in [6.07, 6.45) is 1.47. The number of hydrogen-bond acceptors (Lipinski definition) is 4. The second-order valence-electron chi connectivity index (χ2n) is 6.35. The molecule has 0 aliphatic rings. The smallest absolute Gasteiger partial charge is 0.272 e. The molecule has 0 unspecified atom stereocenters. The first-order chi connectivity index (χ1) is 14.1. The molecule has 3 aromatic carbocycles. The van der Waals surface area contributed by atoms with Crippen LogP contribution in [0.2, 0.25) is 5.02 Å². The summed E-state index contributed by atoms with van der Waals surface area (Å²) in [6, 6.07) is 23.1. The van der Waals surface area contributed by atoms with Crippen LogP contribution in [-0.4, -0.2) is 22.2 Å². The van der Waals surface area contributed by atoms with Gasteiger partial charge in [0.1, 0.15) is 5.75 Å². The number of phenols is 1. The normalized spacial score (nSPS) is 11.1. The highest BCUT2D eigenvalue weighted by molar-refractivity contribution is 6.33. The third-order valence-corrected chi connectivity index (χ3v) is 4.69. The van der Waals surface area contributed by atoms with Gasteiger partial charge in [-0.05, 0) is 35.9 Å². The van der Waals surface area contributed by atoms with Crippen LogP contribution in [0.25, 0.3) is 22.2 Å². The van der Waals surface area contributed by atoms with Gasteiger partial charge in [0.2, 0.25) is 0 Å². The second-order valence-corrected chi connectivity index (χ2v) is 6.75. The van der Waals surface area contributed by atoms with Gasteiger partial charge in [0, 0.05) is 16.0 Å². The average molecular weight is 402 g/mol. The Hall–Kier alpha value is -3.70. The lowest BCUT2D eigenvalue weighted by Crippen LogP contribution is -2.18. The summed E-state index contributed by atoms with van der Waals surface area (Å²) in [5.74, 6) is -0.238. The molecule has 0 saturated carbocycles. The molecule has 29 heavy (non-hydrogen) atoms. The number of aromatic nitrogens is 1. The maximum Gasteiger partial charge on any atom is 0.272 e. The van der Waals surface area contributed by atoms with Gasteiger partial charge >= 0.3 is 0 Å². The Morgan fingerprint density at radius 2 is 1.79 bits per heavy atom. The van der Waals surface area contributed by atoms with E-state index < -0.39 is 0 Å². The number of aromatic hydroxyl groups is 1. The van der Waals surface area contributed by atoms with Crippen molar-refractivity contribution in [2.75, 3.05) is 0 Å². The van der Waals surface area contributed by atoms with Crippen LogP contribution in [0.5, 0.6) is 5.75 Å². The van der Waals surface area contributed by atoms with Crippen molar-refractivity contribution in [3.8, 4) is 17.0 Å². The van der Waals surface area contributed by atoms with E-state index in [1.54, 1.807) is 36.4 Å². The summed E-state index contributed by atoms with van der Waals surface area (Å²) in [7, 11) is 0. The van der Waals surface area contributed by atoms with Crippen molar-refractivity contribution in [1.29, 1.82) is 0 Å². The molecule has 0 radical (unpaired) electrons. The fourth-order valence-corrected chi connectivity index (χ4v) is 3.23. The number of phenolic OH excluding ortho intramolecular Hbond substituents is 1. The monoisotopic (exact) mass is 401 g/mol. The van der Waals surface area contributed by atoms with Crippen LogP contribution in [0.3, 0.4) is 0 Å². The van der Waals surface area contributed by atoms with E-state index in [1.165, 1.54) is 6.21 Å². The number of nitrogens with one attached hydrogen (secondary N) is 1. The standard InChI is InChI=1S/C23H16ClN3O2/c24-20-10-3-1-9-18(20)22-13-19(17-8-2-4-11-21(17)26-22)23(29)27-25-14-15-6-5-7-16(28)12-15/h1-14,28H,(H,27,29). The number of amides is 1. The van der Waals surface area contributed by atoms with Gasteiger partial charge in [-0.15, -0.1) is 0 Å². The van der Waals surface area contributed by atoms with E-state index in [-0.39, 0.29) is 11.7 Å². The van der Waals surface area contributed by atoms with Crippen molar-refractivity contribution < 1.29 is 9.90 Å². The number of hydrazone groups is 1. The first kappa shape index (κ1) is 18.7. The molecule has 1 heterocycles. The van der Waals surface area contributed by atoms with Crippen molar-refractivity contribution in [3.63, 3.8) is 0 Å². The Morgan fingerprint density at radius 3 is 2.62 bits per heavy atom. The van der Waals surface area contributed by atoms with Crippen molar-refractivity contribution in [3.05, 3.63) is 95.0 Å². The summed E-state index contributed by atoms with van der Waals surface area (Å²) in [4.78, 5) is 17.5. The molecule has 0 aliphatic carbocycles. The second kappa shape index (κ2) is 8.12. The van der Waals surface area contributed by atoms with E-state index in [0.29, 0.717) is 32.7 Å². The van der Waals surface area contributed by atoms with E-state index >= 15 is 0 Å². The Labute approximate surface area is 172 Å². The number of fused-ring (bicyclic) bond motifs is 1. The van der Waals surface area contributed by atoms with Crippen LogP contribution >= 0.6 is 11.6 Å². The van der Waals surface area contributed by atoms with Gasteiger partial charge in [-0.3, -0.25) is 4.79 Å². The predicted octanol–water partition coefficient (Wildman–Crippen LogP) is 5.02. The molecular formula is C23H16ClN3O2. The zero-order valence-corrected chi connectivity index (χ0v) is 16.0. The van der Waals surface area contributed by atoms with Crippen LogP contribution in [-0.2, 0) is 0 Å². The summed E-state index contributed by atoms with van der Waals surface area (Å²) < 4.78 is 0. The molecule has 1 aromatic heterocycles. The van der Waals surface area contributed by atoms with Crippen molar-refractivity contribution in [2.24, 2.45) is 5.10 Å². The van der Waals surface area contributed by atoms with E-state index in [2.05, 4.69) is 15.5 Å². The van der Waals surface area contributed by atoms with E-state index in [0.717, 1.165) is 5.56 Å². The minimum atomic E-state index is -0.367. The highest BCUT2D eigenvalue weighted by Gasteiger charge is 2.14. The highest BCUT2D eigenvalue weighted by atomic mass is 35.5. The van der Waals surface area contributed by atoms with Crippen LogP contribution in [0.15, 0.2) is 84.0 Å². The summed E-state index contributed by atoms with van der Waals surface area (Å²) in [5, 5.41) is 14.8. The van der Waals surface area contributed by atoms with Crippen LogP contribution in [0.1, 0.15) is 15.9 Å². The lowest BCUT2D eigenvalue weighted by molar-refractivity contribution is 0.0956. The minimum Gasteiger partial charge on any atom is -0.508 e. The number of benzene rings is 3. The molecule has 1 amide bonds. The topological polar surface area (TPSA) is 74.6 Å². The van der Waals surface area contributed by atoms with Gasteiger partial charge in [0.15, 0.2) is 0 Å². The molecule has 4 aromatic rings. The van der Waals surface area contributed by atoms with Gasteiger partial charge in [0.05, 0.1) is 23.0 Å². The number of carbonyl (C=O) groups is 1. The number of rotatable bonds is 4. The Bertz CT molecular complexity index is 1240. The van der Waals surface area contributed by atoms with Crippen molar-refractivity contribution in [2.45, 2.75) is 0 Å². The quantitative estimate of drug-likeness (QED) is 0.372. The zero-order valence-electron chi connectivity index (χ0n) is 15.2. The summed E-state index contributed by atoms with van der Waals surface area (Å²) in [6.45, 7) is 0. The van der Waals surface area contributed by atoms with Crippen LogP contribution < -0.4 is 5.43 Å². The fourth-order valence-electron chi connectivity index (χ4n) is 3.00. The third-order valence-electron chi connectivity index (χ3n) is 4.36. The first-order valence-corrected chi connectivity index (χ1v) is 9.27. The predicted molar refractivity (Wildman–Crippen MR) is 115 cm³/mol. The van der Waals surface area contributed by atoms with Crippen molar-refractivity contribution in [1.82, 2.24) is 10.4 Å². The first-order valence-electron chi connectivity index (χ1n) is 8.89. The maximum absolute atomic E-state index is 12.8. The molecule has 0 aliphatic heterocycles. The minimum absolute atomic E-state index is 0.129. The number of para-hydroxylation sites is 1. The number of carbonyl (C=O) groups excluding carboxylic acids is 1. The Kier molecular flexibility index (Phi) is 5.22. The lowest BCUT2D eigenvalue weighted by atomic mass is 10.0. The summed E-state index contributed by atoms with van der Waals surface area (Å²) >= 11 is 6.32. The van der Waals surface area contributed by atoms with Gasteiger partial charge < -0.3 is 5.11 Å². The molecule has 0 fully saturated rings. The molecule has 6 heteroatoms. The highest BCUT2D eigenvalue weighted by Crippen LogP contribution is 2.29.